The Kier molecular flexibility index (Phi) is 6.02. The number of hydrogen-bond donors (Lipinski definition) is 4. The number of ether oxygens (including phenoxy) is 1. The first-order valence-electron chi connectivity index (χ1n) is 10.0. The fourth-order valence-electron chi connectivity index (χ4n) is 4.23. The van der Waals surface area contributed by atoms with Gasteiger partial charge in [0.05, 0.1) is 18.0 Å². The molecule has 2 aromatic heterocycles. The van der Waals surface area contributed by atoms with Gasteiger partial charge < -0.3 is 20.1 Å². The van der Waals surface area contributed by atoms with Gasteiger partial charge >= 0.3 is 5.97 Å². The zero-order valence-electron chi connectivity index (χ0n) is 17.8. The molecule has 1 fully saturated rings. The number of rotatable bonds is 4. The van der Waals surface area contributed by atoms with Crippen molar-refractivity contribution in [2.75, 3.05) is 20.7 Å². The minimum atomic E-state index is -3.13. The fraction of sp³-hybridized carbons (Fsp3) is 0.333. The van der Waals surface area contributed by atoms with E-state index in [1.54, 1.807) is 19.2 Å². The van der Waals surface area contributed by atoms with Crippen LogP contribution in [-0.2, 0) is 0 Å². The van der Waals surface area contributed by atoms with E-state index in [-0.39, 0.29) is 35.4 Å². The van der Waals surface area contributed by atoms with Crippen molar-refractivity contribution in [2.45, 2.75) is 29.1 Å². The Labute approximate surface area is 201 Å². The maximum Gasteiger partial charge on any atom is 0.341 e. The summed E-state index contributed by atoms with van der Waals surface area (Å²) in [6.45, 7) is 0.319. The van der Waals surface area contributed by atoms with E-state index < -0.39 is 22.2 Å². The minimum Gasteiger partial charge on any atom is -0.494 e. The van der Waals surface area contributed by atoms with Gasteiger partial charge in [-0.3, -0.25) is 13.9 Å². The molecule has 5 rings (SSSR count). The highest BCUT2D eigenvalue weighted by Gasteiger charge is 2.36. The van der Waals surface area contributed by atoms with E-state index in [2.05, 4.69) is 0 Å². The summed E-state index contributed by atoms with van der Waals surface area (Å²) in [6.07, 6.45) is 3.18. The van der Waals surface area contributed by atoms with Crippen molar-refractivity contribution in [1.82, 2.24) is 8.87 Å². The quantitative estimate of drug-likeness (QED) is 0.408. The van der Waals surface area contributed by atoms with E-state index in [0.717, 1.165) is 17.7 Å². The maximum absolute atomic E-state index is 12.9. The molecule has 3 aromatic rings. The lowest BCUT2D eigenvalue weighted by Gasteiger charge is -2.45. The van der Waals surface area contributed by atoms with Crippen LogP contribution < -0.4 is 15.9 Å². The molecular weight excluding hydrogens is 490 g/mol. The molecule has 0 saturated heterocycles. The lowest BCUT2D eigenvalue weighted by atomic mass is 10.0. The van der Waals surface area contributed by atoms with Gasteiger partial charge in [0.25, 0.3) is 0 Å². The summed E-state index contributed by atoms with van der Waals surface area (Å²) in [7, 11) is 0.00737. The van der Waals surface area contributed by atoms with Crippen molar-refractivity contribution in [3.63, 3.8) is 0 Å². The van der Waals surface area contributed by atoms with E-state index in [9.17, 15) is 23.8 Å². The van der Waals surface area contributed by atoms with Crippen LogP contribution in [0.2, 0.25) is 0 Å². The molecule has 33 heavy (non-hydrogen) atoms. The zero-order valence-corrected chi connectivity index (χ0v) is 20.3. The van der Waals surface area contributed by atoms with E-state index in [1.165, 1.54) is 28.9 Å². The normalized spacial score (nSPS) is 20.7. The number of carboxylic acids is 1. The topological polar surface area (TPSA) is 138 Å². The molecule has 0 spiro atoms. The maximum atomic E-state index is 12.9. The Morgan fingerprint density at radius 3 is 2.61 bits per heavy atom. The molecule has 178 valence electrons. The number of benzene rings is 1. The number of aromatic carboxylic acids is 1. The fourth-order valence-corrected chi connectivity index (χ4v) is 7.49. The molecule has 1 aliphatic heterocycles. The molecule has 1 aromatic carbocycles. The van der Waals surface area contributed by atoms with Gasteiger partial charge in [0.2, 0.25) is 5.43 Å². The summed E-state index contributed by atoms with van der Waals surface area (Å²) in [5, 5.41) is 9.77. The van der Waals surface area contributed by atoms with Crippen LogP contribution in [0.4, 0.5) is 0 Å². The Hall–Kier alpha value is -2.12. The zero-order chi connectivity index (χ0) is 22.9. The van der Waals surface area contributed by atoms with Gasteiger partial charge in [-0.25, -0.2) is 9.10 Å². The molecule has 5 N–H and O–H groups in total. The van der Waals surface area contributed by atoms with Crippen LogP contribution >= 0.6 is 34.5 Å². The molecule has 1 unspecified atom stereocenters. The third-order valence-electron chi connectivity index (χ3n) is 6.05. The van der Waals surface area contributed by atoms with Crippen LogP contribution in [0.15, 0.2) is 33.4 Å². The molecule has 2 aliphatic rings. The van der Waals surface area contributed by atoms with Gasteiger partial charge in [-0.05, 0) is 31.0 Å². The number of fused-ring (bicyclic) bond motifs is 2. The van der Waals surface area contributed by atoms with Gasteiger partial charge in [0.1, 0.15) is 9.77 Å². The SMILES string of the molecule is COc1c(-c2cc3c(s2)S(O)(O)N(C)CC3N)ccc2c(=O)c(C(=O)O)cn(C3CC3)c12.Cl. The number of nitrogens with two attached hydrogens (primary N) is 1. The number of nitrogens with zero attached hydrogens (tertiary/aromatic N) is 2. The average Bonchev–Trinajstić information content (AvgIpc) is 3.48. The molecule has 0 amide bonds. The average molecular weight is 514 g/mol. The van der Waals surface area contributed by atoms with Crippen LogP contribution in [-0.4, -0.2) is 49.8 Å². The predicted molar refractivity (Wildman–Crippen MR) is 131 cm³/mol. The second-order valence-corrected chi connectivity index (χ2v) is 11.5. The molecule has 1 aliphatic carbocycles. The standard InChI is InChI=1S/C21H23N3O6S2.ClH/c1-23-9-15(22)13-7-16(31-21(13)32(23,28)29)11-5-6-12-17(19(11)30-2)24(10-3-4-10)8-14(18(12)25)20(26)27;/h5-8,10,15,28-29H,3-4,9,22H2,1-2H3,(H,26,27);1H. The third kappa shape index (κ3) is 3.64. The number of carboxylic acid groups (broad SMARTS) is 1. The number of hydrogen-bond acceptors (Lipinski definition) is 8. The van der Waals surface area contributed by atoms with Crippen LogP contribution in [0.3, 0.4) is 0 Å². The molecular formula is C21H24ClN3O6S2. The Morgan fingerprint density at radius 2 is 2.00 bits per heavy atom. The van der Waals surface area contributed by atoms with Crippen molar-refractivity contribution < 1.29 is 23.7 Å². The number of carbonyl (C=O) groups is 1. The van der Waals surface area contributed by atoms with E-state index >= 15 is 0 Å². The highest BCUT2D eigenvalue weighted by atomic mass is 35.5. The Bertz CT molecular complexity index is 1330. The Morgan fingerprint density at radius 1 is 1.30 bits per heavy atom. The smallest absolute Gasteiger partial charge is 0.341 e. The first-order chi connectivity index (χ1) is 15.1. The summed E-state index contributed by atoms with van der Waals surface area (Å²) in [5.74, 6) is -0.816. The molecule has 12 heteroatoms. The predicted octanol–water partition coefficient (Wildman–Crippen LogP) is 4.16. The summed E-state index contributed by atoms with van der Waals surface area (Å²) >= 11 is 1.24. The Balaban J connectivity index is 0.00000259. The highest BCUT2D eigenvalue weighted by molar-refractivity contribution is 8.23. The summed E-state index contributed by atoms with van der Waals surface area (Å²) < 4.78 is 30.9. The molecule has 1 atom stereocenters. The number of halogens is 1. The van der Waals surface area contributed by atoms with Gasteiger partial charge in [-0.2, -0.15) is 0 Å². The van der Waals surface area contributed by atoms with Crippen molar-refractivity contribution in [3.05, 3.63) is 45.7 Å². The molecule has 1 saturated carbocycles. The summed E-state index contributed by atoms with van der Waals surface area (Å²) in [6, 6.07) is 4.91. The first-order valence-corrected chi connectivity index (χ1v) is 12.4. The largest absolute Gasteiger partial charge is 0.494 e. The van der Waals surface area contributed by atoms with Gasteiger partial charge in [-0.1, -0.05) is 10.8 Å². The van der Waals surface area contributed by atoms with Crippen LogP contribution in [0.1, 0.15) is 40.8 Å². The monoisotopic (exact) mass is 513 g/mol. The number of thiophene rings is 1. The van der Waals surface area contributed by atoms with Crippen LogP contribution in [0.25, 0.3) is 21.3 Å². The van der Waals surface area contributed by atoms with E-state index in [0.29, 0.717) is 33.1 Å². The number of pyridine rings is 1. The first kappa shape index (κ1) is 24.0. The van der Waals surface area contributed by atoms with E-state index in [4.69, 9.17) is 10.5 Å². The minimum absolute atomic E-state index is 0. The van der Waals surface area contributed by atoms with Gasteiger partial charge in [0.15, 0.2) is 5.75 Å². The second-order valence-electron chi connectivity index (χ2n) is 8.15. The van der Waals surface area contributed by atoms with Crippen molar-refractivity contribution in [1.29, 1.82) is 0 Å². The van der Waals surface area contributed by atoms with Crippen LogP contribution in [0, 0.1) is 0 Å². The highest BCUT2D eigenvalue weighted by Crippen LogP contribution is 2.61. The molecule has 3 heterocycles. The molecule has 0 radical (unpaired) electrons. The van der Waals surface area contributed by atoms with Crippen molar-refractivity contribution in [2.24, 2.45) is 5.73 Å². The number of aromatic nitrogens is 1. The van der Waals surface area contributed by atoms with Gasteiger partial charge in [-0.15, -0.1) is 23.7 Å². The van der Waals surface area contributed by atoms with Gasteiger partial charge in [0, 0.05) is 47.9 Å². The molecule has 9 nitrogen and oxygen atoms in total. The summed E-state index contributed by atoms with van der Waals surface area (Å²) in [5.41, 5.74) is 7.36. The molecule has 0 bridgehead atoms. The number of methoxy groups -OCH3 is 1. The number of likely N-dealkylation sites (N-methyl/N-ethyl adjacent to an activating group) is 1. The third-order valence-corrected chi connectivity index (χ3v) is 9.70. The lowest BCUT2D eigenvalue weighted by molar-refractivity contribution is 0.0694. The lowest BCUT2D eigenvalue weighted by Crippen LogP contribution is -2.36. The van der Waals surface area contributed by atoms with E-state index in [1.807, 2.05) is 10.6 Å². The van der Waals surface area contributed by atoms with Crippen molar-refractivity contribution in [3.8, 4) is 16.2 Å². The summed E-state index contributed by atoms with van der Waals surface area (Å²) in [4.78, 5) is 25.2. The second kappa shape index (κ2) is 8.27. The van der Waals surface area contributed by atoms with Crippen LogP contribution in [0.5, 0.6) is 5.75 Å². The van der Waals surface area contributed by atoms with Crippen molar-refractivity contribution >= 4 is 51.4 Å².